The fourth-order valence-corrected chi connectivity index (χ4v) is 3.47. The van der Waals surface area contributed by atoms with E-state index < -0.39 is 0 Å². The van der Waals surface area contributed by atoms with Crippen molar-refractivity contribution < 1.29 is 4.74 Å². The quantitative estimate of drug-likeness (QED) is 0.900. The van der Waals surface area contributed by atoms with Gasteiger partial charge in [-0.2, -0.15) is 0 Å². The molecule has 2 aliphatic rings. The minimum Gasteiger partial charge on any atom is -0.378 e. The second kappa shape index (κ2) is 6.04. The number of benzene rings is 1. The fraction of sp³-hybridized carbons (Fsp3) is 0.625. The normalized spacial score (nSPS) is 28.1. The third-order valence-electron chi connectivity index (χ3n) is 4.57. The van der Waals surface area contributed by atoms with Gasteiger partial charge in [-0.1, -0.05) is 24.3 Å². The Morgan fingerprint density at radius 2 is 2.21 bits per heavy atom. The highest BCUT2D eigenvalue weighted by atomic mass is 16.5. The third-order valence-corrected chi connectivity index (χ3v) is 4.57. The van der Waals surface area contributed by atoms with Gasteiger partial charge in [0.25, 0.3) is 0 Å². The number of aryl methyl sites for hydroxylation is 1. The van der Waals surface area contributed by atoms with E-state index in [4.69, 9.17) is 10.5 Å². The molecule has 1 aliphatic carbocycles. The Labute approximate surface area is 115 Å². The molecule has 3 rings (SSSR count). The molecule has 19 heavy (non-hydrogen) atoms. The number of ether oxygens (including phenoxy) is 1. The third kappa shape index (κ3) is 2.83. The molecule has 1 aromatic carbocycles. The molecule has 0 spiro atoms. The van der Waals surface area contributed by atoms with Crippen molar-refractivity contribution in [1.29, 1.82) is 0 Å². The molecule has 104 valence electrons. The van der Waals surface area contributed by atoms with Gasteiger partial charge in [0.2, 0.25) is 0 Å². The van der Waals surface area contributed by atoms with E-state index in [2.05, 4.69) is 29.2 Å². The van der Waals surface area contributed by atoms with Gasteiger partial charge in [0.1, 0.15) is 0 Å². The fourth-order valence-electron chi connectivity index (χ4n) is 3.47. The summed E-state index contributed by atoms with van der Waals surface area (Å²) in [7, 11) is 0. The molecule has 1 fully saturated rings. The number of nitrogens with zero attached hydrogens (tertiary/aromatic N) is 1. The lowest BCUT2D eigenvalue weighted by molar-refractivity contribution is -0.00721. The summed E-state index contributed by atoms with van der Waals surface area (Å²) in [5.74, 6) is 0.678. The molecular weight excluding hydrogens is 236 g/mol. The topological polar surface area (TPSA) is 38.5 Å². The molecule has 0 saturated carbocycles. The van der Waals surface area contributed by atoms with Crippen LogP contribution < -0.4 is 5.73 Å². The van der Waals surface area contributed by atoms with Crippen LogP contribution in [0.1, 0.15) is 29.9 Å². The molecule has 3 nitrogen and oxygen atoms in total. The SMILES string of the molecule is NCC1COCCN1CC1CCCc2ccccc21. The summed E-state index contributed by atoms with van der Waals surface area (Å²) < 4.78 is 5.54. The van der Waals surface area contributed by atoms with Crippen molar-refractivity contribution in [3.8, 4) is 0 Å². The first-order chi connectivity index (χ1) is 9.38. The van der Waals surface area contributed by atoms with Crippen LogP contribution in [0.4, 0.5) is 0 Å². The van der Waals surface area contributed by atoms with Gasteiger partial charge in [0, 0.05) is 25.7 Å². The van der Waals surface area contributed by atoms with Crippen molar-refractivity contribution in [1.82, 2.24) is 4.90 Å². The van der Waals surface area contributed by atoms with Crippen LogP contribution in [-0.2, 0) is 11.2 Å². The van der Waals surface area contributed by atoms with Crippen molar-refractivity contribution in [2.75, 3.05) is 32.8 Å². The zero-order valence-electron chi connectivity index (χ0n) is 11.6. The van der Waals surface area contributed by atoms with Crippen molar-refractivity contribution in [2.24, 2.45) is 5.73 Å². The van der Waals surface area contributed by atoms with E-state index in [0.29, 0.717) is 18.5 Å². The summed E-state index contributed by atoms with van der Waals surface area (Å²) in [4.78, 5) is 2.54. The molecule has 0 aromatic heterocycles. The van der Waals surface area contributed by atoms with Crippen LogP contribution >= 0.6 is 0 Å². The molecule has 0 bridgehead atoms. The van der Waals surface area contributed by atoms with Crippen LogP contribution in [-0.4, -0.2) is 43.8 Å². The van der Waals surface area contributed by atoms with E-state index in [-0.39, 0.29) is 0 Å². The first-order valence-corrected chi connectivity index (χ1v) is 7.48. The van der Waals surface area contributed by atoms with E-state index in [1.807, 2.05) is 0 Å². The Hall–Kier alpha value is -0.900. The summed E-state index contributed by atoms with van der Waals surface area (Å²) >= 11 is 0. The van der Waals surface area contributed by atoms with Crippen LogP contribution in [0.15, 0.2) is 24.3 Å². The number of rotatable bonds is 3. The average Bonchev–Trinajstić information content (AvgIpc) is 2.48. The van der Waals surface area contributed by atoms with E-state index >= 15 is 0 Å². The lowest BCUT2D eigenvalue weighted by Crippen LogP contribution is -2.50. The molecule has 2 N–H and O–H groups in total. The molecule has 1 aliphatic heterocycles. The van der Waals surface area contributed by atoms with Gasteiger partial charge in [-0.05, 0) is 36.3 Å². The summed E-state index contributed by atoms with van der Waals surface area (Å²) in [6.07, 6.45) is 3.88. The van der Waals surface area contributed by atoms with Crippen molar-refractivity contribution >= 4 is 0 Å². The van der Waals surface area contributed by atoms with Gasteiger partial charge in [-0.3, -0.25) is 4.90 Å². The van der Waals surface area contributed by atoms with Gasteiger partial charge in [-0.25, -0.2) is 0 Å². The highest BCUT2D eigenvalue weighted by molar-refractivity contribution is 5.32. The maximum atomic E-state index is 5.87. The van der Waals surface area contributed by atoms with E-state index in [0.717, 1.165) is 26.3 Å². The Balaban J connectivity index is 1.73. The van der Waals surface area contributed by atoms with E-state index in [9.17, 15) is 0 Å². The van der Waals surface area contributed by atoms with Crippen LogP contribution in [0, 0.1) is 0 Å². The Kier molecular flexibility index (Phi) is 4.16. The lowest BCUT2D eigenvalue weighted by atomic mass is 9.82. The highest BCUT2D eigenvalue weighted by Crippen LogP contribution is 2.32. The summed E-state index contributed by atoms with van der Waals surface area (Å²) in [5, 5.41) is 0. The predicted octanol–water partition coefficient (Wildman–Crippen LogP) is 1.77. The molecular formula is C16H24N2O. The highest BCUT2D eigenvalue weighted by Gasteiger charge is 2.27. The zero-order chi connectivity index (χ0) is 13.1. The standard InChI is InChI=1S/C16H24N2O/c17-10-15-12-19-9-8-18(15)11-14-6-3-5-13-4-1-2-7-16(13)14/h1-2,4,7,14-15H,3,5-6,8-12,17H2. The number of hydrogen-bond acceptors (Lipinski definition) is 3. The van der Waals surface area contributed by atoms with E-state index in [1.54, 1.807) is 11.1 Å². The predicted molar refractivity (Wildman–Crippen MR) is 77.4 cm³/mol. The van der Waals surface area contributed by atoms with Crippen LogP contribution in [0.5, 0.6) is 0 Å². The minimum atomic E-state index is 0.405. The lowest BCUT2D eigenvalue weighted by Gasteiger charge is -2.38. The van der Waals surface area contributed by atoms with Crippen LogP contribution in [0.3, 0.4) is 0 Å². The van der Waals surface area contributed by atoms with Crippen LogP contribution in [0.2, 0.25) is 0 Å². The van der Waals surface area contributed by atoms with Crippen LogP contribution in [0.25, 0.3) is 0 Å². The molecule has 1 heterocycles. The summed E-state index contributed by atoms with van der Waals surface area (Å²) in [6, 6.07) is 9.36. The number of fused-ring (bicyclic) bond motifs is 1. The Bertz CT molecular complexity index is 421. The van der Waals surface area contributed by atoms with Gasteiger partial charge in [-0.15, -0.1) is 0 Å². The smallest absolute Gasteiger partial charge is 0.0634 e. The molecule has 0 amide bonds. The molecule has 3 heteroatoms. The second-order valence-electron chi connectivity index (χ2n) is 5.75. The zero-order valence-corrected chi connectivity index (χ0v) is 11.6. The molecule has 1 saturated heterocycles. The van der Waals surface area contributed by atoms with Gasteiger partial charge in [0.15, 0.2) is 0 Å². The number of hydrogen-bond donors (Lipinski definition) is 1. The van der Waals surface area contributed by atoms with Crippen molar-refractivity contribution in [2.45, 2.75) is 31.2 Å². The van der Waals surface area contributed by atoms with E-state index in [1.165, 1.54) is 19.3 Å². The van der Waals surface area contributed by atoms with Crippen molar-refractivity contribution in [3.05, 3.63) is 35.4 Å². The minimum absolute atomic E-state index is 0.405. The largest absolute Gasteiger partial charge is 0.378 e. The van der Waals surface area contributed by atoms with Gasteiger partial charge < -0.3 is 10.5 Å². The first-order valence-electron chi connectivity index (χ1n) is 7.48. The molecule has 2 unspecified atom stereocenters. The summed E-state index contributed by atoms with van der Waals surface area (Å²) in [5.41, 5.74) is 8.99. The molecule has 1 aromatic rings. The second-order valence-corrected chi connectivity index (χ2v) is 5.75. The monoisotopic (exact) mass is 260 g/mol. The van der Waals surface area contributed by atoms with Gasteiger partial charge in [0.05, 0.1) is 13.2 Å². The first kappa shape index (κ1) is 13.1. The molecule has 2 atom stereocenters. The van der Waals surface area contributed by atoms with Crippen molar-refractivity contribution in [3.63, 3.8) is 0 Å². The number of nitrogens with two attached hydrogens (primary N) is 1. The molecule has 0 radical (unpaired) electrons. The maximum absolute atomic E-state index is 5.87. The maximum Gasteiger partial charge on any atom is 0.0634 e. The number of morpholine rings is 1. The summed E-state index contributed by atoms with van der Waals surface area (Å²) in [6.45, 7) is 4.52. The Morgan fingerprint density at radius 3 is 3.11 bits per heavy atom. The average molecular weight is 260 g/mol. The van der Waals surface area contributed by atoms with Gasteiger partial charge >= 0.3 is 0 Å². The Morgan fingerprint density at radius 1 is 1.32 bits per heavy atom.